The molecule has 48 heavy (non-hydrogen) atoms. The second-order valence-corrected chi connectivity index (χ2v) is 14.8. The van der Waals surface area contributed by atoms with Crippen molar-refractivity contribution in [2.24, 2.45) is 0 Å². The molecule has 0 aromatic rings. The molecule has 0 saturated heterocycles. The summed E-state index contributed by atoms with van der Waals surface area (Å²) in [6, 6.07) is 0.190. The first kappa shape index (κ1) is 46.4. The van der Waals surface area contributed by atoms with E-state index < -0.39 is 0 Å². The molecule has 0 aliphatic carbocycles. The van der Waals surface area contributed by atoms with Crippen molar-refractivity contribution in [2.45, 2.75) is 239 Å². The molecule has 0 aliphatic heterocycles. The fourth-order valence-corrected chi connectivity index (χ4v) is 6.47. The molecule has 0 unspecified atom stereocenters. The van der Waals surface area contributed by atoms with E-state index in [2.05, 4.69) is 36.7 Å². The molecule has 0 aliphatic rings. The molecule has 0 rings (SSSR count). The lowest BCUT2D eigenvalue weighted by molar-refractivity contribution is -0.122. The van der Waals surface area contributed by atoms with Crippen molar-refractivity contribution in [3.8, 4) is 0 Å². The number of hydrogen-bond acceptors (Lipinski definition) is 3. The first-order valence-electron chi connectivity index (χ1n) is 21.3. The summed E-state index contributed by atoms with van der Waals surface area (Å²) in [7, 11) is 0. The molecule has 0 heterocycles. The van der Waals surface area contributed by atoms with Crippen LogP contribution in [0.5, 0.6) is 0 Å². The van der Waals surface area contributed by atoms with Crippen LogP contribution in [0.2, 0.25) is 0 Å². The van der Waals surface area contributed by atoms with Crippen molar-refractivity contribution < 1.29 is 14.4 Å². The van der Waals surface area contributed by atoms with E-state index in [4.69, 9.17) is 0 Å². The highest BCUT2D eigenvalue weighted by molar-refractivity contribution is 5.76. The summed E-state index contributed by atoms with van der Waals surface area (Å²) in [6.45, 7) is 8.04. The molecule has 6 heteroatoms. The maximum atomic E-state index is 12.3. The number of nitrogens with one attached hydrogen (secondary N) is 3. The Labute approximate surface area is 299 Å². The molecule has 0 spiro atoms. The third-order valence-electron chi connectivity index (χ3n) is 9.71. The first-order valence-corrected chi connectivity index (χ1v) is 21.3. The summed E-state index contributed by atoms with van der Waals surface area (Å²) in [6.07, 6.45) is 39.0. The predicted molar refractivity (Wildman–Crippen MR) is 207 cm³/mol. The van der Waals surface area contributed by atoms with Crippen molar-refractivity contribution in [1.82, 2.24) is 16.0 Å². The van der Waals surface area contributed by atoms with Crippen molar-refractivity contribution in [1.29, 1.82) is 0 Å². The van der Waals surface area contributed by atoms with Crippen LogP contribution in [0.15, 0.2) is 0 Å². The van der Waals surface area contributed by atoms with Gasteiger partial charge in [0.05, 0.1) is 0 Å². The molecule has 3 amide bonds. The van der Waals surface area contributed by atoms with Crippen LogP contribution in [-0.2, 0) is 14.4 Å². The zero-order valence-corrected chi connectivity index (χ0v) is 32.6. The van der Waals surface area contributed by atoms with Crippen LogP contribution in [0.25, 0.3) is 0 Å². The van der Waals surface area contributed by atoms with E-state index in [0.29, 0.717) is 32.4 Å². The maximum absolute atomic E-state index is 12.3. The standard InChI is InChI=1S/C42H83N3O3/c1-4-6-8-10-12-14-16-17-19-21-23-25-28-36-42(48)45-39(3)33-30-32-38-44-41(47)35-29-26-31-37-43-40(46)34-27-24-22-20-18-15-13-11-9-7-5-2/h39H,4-38H2,1-3H3,(H,43,46)(H,44,47)(H,45,48)/t39-/m1/s1. The number of carbonyl (C=O) groups is 3. The molecule has 0 bridgehead atoms. The Morgan fingerprint density at radius 2 is 0.667 bits per heavy atom. The van der Waals surface area contributed by atoms with Crippen molar-refractivity contribution in [3.63, 3.8) is 0 Å². The third kappa shape index (κ3) is 37.2. The Morgan fingerprint density at radius 3 is 1.04 bits per heavy atom. The highest BCUT2D eigenvalue weighted by Gasteiger charge is 2.08. The zero-order chi connectivity index (χ0) is 35.2. The van der Waals surface area contributed by atoms with E-state index in [0.717, 1.165) is 64.2 Å². The van der Waals surface area contributed by atoms with E-state index in [1.165, 1.54) is 128 Å². The Kier molecular flexibility index (Phi) is 36.9. The number of rotatable bonds is 38. The number of unbranched alkanes of at least 4 members (excludes halogenated alkanes) is 25. The van der Waals surface area contributed by atoms with Crippen LogP contribution in [0, 0.1) is 0 Å². The van der Waals surface area contributed by atoms with Gasteiger partial charge in [-0.1, -0.05) is 162 Å². The third-order valence-corrected chi connectivity index (χ3v) is 9.71. The van der Waals surface area contributed by atoms with Crippen LogP contribution >= 0.6 is 0 Å². The minimum absolute atomic E-state index is 0.120. The van der Waals surface area contributed by atoms with Gasteiger partial charge in [-0.2, -0.15) is 0 Å². The molecule has 0 radical (unpaired) electrons. The summed E-state index contributed by atoms with van der Waals surface area (Å²) in [4.78, 5) is 36.4. The molecule has 6 nitrogen and oxygen atoms in total. The highest BCUT2D eigenvalue weighted by Crippen LogP contribution is 2.14. The van der Waals surface area contributed by atoms with Crippen LogP contribution in [-0.4, -0.2) is 36.9 Å². The molecule has 284 valence electrons. The van der Waals surface area contributed by atoms with E-state index in [1.807, 2.05) is 0 Å². The van der Waals surface area contributed by atoms with Gasteiger partial charge in [0.1, 0.15) is 0 Å². The van der Waals surface area contributed by atoms with Gasteiger partial charge < -0.3 is 16.0 Å². The van der Waals surface area contributed by atoms with Gasteiger partial charge in [-0.25, -0.2) is 0 Å². The van der Waals surface area contributed by atoms with Crippen LogP contribution in [0.4, 0.5) is 0 Å². The van der Waals surface area contributed by atoms with Gasteiger partial charge in [-0.15, -0.1) is 0 Å². The predicted octanol–water partition coefficient (Wildman–Crippen LogP) is 11.6. The van der Waals surface area contributed by atoms with Gasteiger partial charge in [-0.3, -0.25) is 14.4 Å². The summed E-state index contributed by atoms with van der Waals surface area (Å²) in [5.74, 6) is 0.477. The summed E-state index contributed by atoms with van der Waals surface area (Å²) in [5, 5.41) is 9.22. The van der Waals surface area contributed by atoms with Gasteiger partial charge in [0, 0.05) is 38.4 Å². The minimum atomic E-state index is 0.120. The molecule has 0 saturated carbocycles. The van der Waals surface area contributed by atoms with Gasteiger partial charge >= 0.3 is 0 Å². The normalized spacial score (nSPS) is 11.8. The van der Waals surface area contributed by atoms with E-state index >= 15 is 0 Å². The van der Waals surface area contributed by atoms with Crippen molar-refractivity contribution in [3.05, 3.63) is 0 Å². The largest absolute Gasteiger partial charge is 0.356 e. The SMILES string of the molecule is CCCCCCCCCCCCCCCC(=O)N[C@H](C)CCCCNC(=O)CCCCCNC(=O)CCCCCCCCCCCCC. The fraction of sp³-hybridized carbons (Fsp3) is 0.929. The van der Waals surface area contributed by atoms with Gasteiger partial charge in [0.2, 0.25) is 17.7 Å². The smallest absolute Gasteiger partial charge is 0.220 e. The van der Waals surface area contributed by atoms with Gasteiger partial charge in [-0.05, 0) is 51.9 Å². The Bertz CT molecular complexity index is 714. The van der Waals surface area contributed by atoms with Gasteiger partial charge in [0.25, 0.3) is 0 Å². The quantitative estimate of drug-likeness (QED) is 0.0568. The molecule has 0 fully saturated rings. The molecular formula is C42H83N3O3. The van der Waals surface area contributed by atoms with E-state index in [9.17, 15) is 14.4 Å². The molecule has 1 atom stereocenters. The minimum Gasteiger partial charge on any atom is -0.356 e. The van der Waals surface area contributed by atoms with Crippen LogP contribution in [0.3, 0.4) is 0 Å². The summed E-state index contributed by atoms with van der Waals surface area (Å²) < 4.78 is 0. The fourth-order valence-electron chi connectivity index (χ4n) is 6.47. The first-order chi connectivity index (χ1) is 23.5. The Morgan fingerprint density at radius 1 is 0.375 bits per heavy atom. The number of hydrogen-bond donors (Lipinski definition) is 3. The summed E-state index contributed by atoms with van der Waals surface area (Å²) >= 11 is 0. The van der Waals surface area contributed by atoms with Crippen molar-refractivity contribution in [2.75, 3.05) is 13.1 Å². The maximum Gasteiger partial charge on any atom is 0.220 e. The number of carbonyl (C=O) groups excluding carboxylic acids is 3. The van der Waals surface area contributed by atoms with Crippen molar-refractivity contribution >= 4 is 17.7 Å². The zero-order valence-electron chi connectivity index (χ0n) is 32.6. The van der Waals surface area contributed by atoms with Gasteiger partial charge in [0.15, 0.2) is 0 Å². The van der Waals surface area contributed by atoms with E-state index in [-0.39, 0.29) is 23.8 Å². The van der Waals surface area contributed by atoms with Crippen LogP contribution in [0.1, 0.15) is 233 Å². The monoisotopic (exact) mass is 678 g/mol. The molecule has 0 aromatic carbocycles. The lowest BCUT2D eigenvalue weighted by atomic mass is 10.0. The second-order valence-electron chi connectivity index (χ2n) is 14.8. The lowest BCUT2D eigenvalue weighted by Crippen LogP contribution is -2.32. The lowest BCUT2D eigenvalue weighted by Gasteiger charge is -2.14. The number of amides is 3. The Balaban J connectivity index is 3.43. The Hall–Kier alpha value is -1.59. The molecule has 0 aromatic heterocycles. The average Bonchev–Trinajstić information content (AvgIpc) is 3.07. The second kappa shape index (κ2) is 38.2. The van der Waals surface area contributed by atoms with Crippen LogP contribution < -0.4 is 16.0 Å². The summed E-state index contributed by atoms with van der Waals surface area (Å²) in [5.41, 5.74) is 0. The topological polar surface area (TPSA) is 87.3 Å². The molecule has 3 N–H and O–H groups in total. The molecular weight excluding hydrogens is 594 g/mol. The van der Waals surface area contributed by atoms with E-state index in [1.54, 1.807) is 0 Å². The average molecular weight is 678 g/mol. The highest BCUT2D eigenvalue weighted by atomic mass is 16.2.